The zero-order chi connectivity index (χ0) is 15.9. The van der Waals surface area contributed by atoms with Crippen molar-refractivity contribution in [1.29, 1.82) is 0 Å². The Bertz CT molecular complexity index is 701. The molecule has 2 rings (SSSR count). The van der Waals surface area contributed by atoms with Gasteiger partial charge in [0.2, 0.25) is 5.91 Å². The number of benzene rings is 2. The van der Waals surface area contributed by atoms with Gasteiger partial charge in [0.25, 0.3) is 0 Å². The Kier molecular flexibility index (Phi) is 5.72. The lowest BCUT2D eigenvalue weighted by molar-refractivity contribution is -0.116. The van der Waals surface area contributed by atoms with Gasteiger partial charge in [-0.2, -0.15) is 0 Å². The van der Waals surface area contributed by atoms with Crippen LogP contribution in [-0.4, -0.2) is 13.0 Å². The average Bonchev–Trinajstić information content (AvgIpc) is 2.51. The van der Waals surface area contributed by atoms with Crippen LogP contribution in [0.25, 0.3) is 6.08 Å². The van der Waals surface area contributed by atoms with Crippen LogP contribution >= 0.6 is 15.9 Å². The van der Waals surface area contributed by atoms with Crippen LogP contribution in [0.3, 0.4) is 0 Å². The minimum Gasteiger partial charge on any atom is -0.494 e. The van der Waals surface area contributed by atoms with E-state index in [-0.39, 0.29) is 11.7 Å². The van der Waals surface area contributed by atoms with E-state index in [2.05, 4.69) is 21.2 Å². The Labute approximate surface area is 136 Å². The Balaban J connectivity index is 1.92. The SMILES string of the molecule is COc1ccc(/C=C/C(=O)NCc2cccc(Br)c2)cc1F. The maximum Gasteiger partial charge on any atom is 0.244 e. The summed E-state index contributed by atoms with van der Waals surface area (Å²) in [5.74, 6) is -0.522. The summed E-state index contributed by atoms with van der Waals surface area (Å²) in [6.45, 7) is 0.430. The second-order valence-electron chi connectivity index (χ2n) is 4.58. The molecule has 2 aromatic carbocycles. The maximum atomic E-state index is 13.5. The van der Waals surface area contributed by atoms with Crippen LogP contribution in [0.4, 0.5) is 4.39 Å². The molecular weight excluding hydrogens is 349 g/mol. The molecule has 3 nitrogen and oxygen atoms in total. The van der Waals surface area contributed by atoms with Crippen molar-refractivity contribution in [2.75, 3.05) is 7.11 Å². The number of ether oxygens (including phenoxy) is 1. The summed E-state index contributed by atoms with van der Waals surface area (Å²) < 4.78 is 19.3. The van der Waals surface area contributed by atoms with E-state index in [1.165, 1.54) is 25.3 Å². The van der Waals surface area contributed by atoms with Gasteiger partial charge in [0.15, 0.2) is 11.6 Å². The molecule has 114 valence electrons. The standard InChI is InChI=1S/C17H15BrFNO2/c1-22-16-7-5-12(10-15(16)19)6-8-17(21)20-11-13-3-2-4-14(18)9-13/h2-10H,11H2,1H3,(H,20,21)/b8-6+. The predicted octanol–water partition coefficient (Wildman–Crippen LogP) is 3.93. The van der Waals surface area contributed by atoms with E-state index in [0.717, 1.165) is 10.0 Å². The van der Waals surface area contributed by atoms with Crippen molar-refractivity contribution >= 4 is 27.9 Å². The van der Waals surface area contributed by atoms with E-state index in [1.54, 1.807) is 12.1 Å². The van der Waals surface area contributed by atoms with Gasteiger partial charge in [-0.15, -0.1) is 0 Å². The molecule has 2 aromatic rings. The first-order chi connectivity index (χ1) is 10.6. The molecule has 0 bridgehead atoms. The molecular formula is C17H15BrFNO2. The van der Waals surface area contributed by atoms with E-state index in [1.807, 2.05) is 24.3 Å². The Morgan fingerprint density at radius 2 is 2.14 bits per heavy atom. The summed E-state index contributed by atoms with van der Waals surface area (Å²) in [7, 11) is 1.41. The van der Waals surface area contributed by atoms with Crippen LogP contribution in [0.5, 0.6) is 5.75 Å². The number of rotatable bonds is 5. The molecule has 0 heterocycles. The number of nitrogens with one attached hydrogen (secondary N) is 1. The summed E-state index contributed by atoms with van der Waals surface area (Å²) in [5.41, 5.74) is 1.59. The molecule has 0 radical (unpaired) electrons. The average molecular weight is 364 g/mol. The third-order valence-electron chi connectivity index (χ3n) is 2.96. The lowest BCUT2D eigenvalue weighted by atomic mass is 10.2. The second-order valence-corrected chi connectivity index (χ2v) is 5.49. The second kappa shape index (κ2) is 7.75. The van der Waals surface area contributed by atoms with Crippen LogP contribution in [0.2, 0.25) is 0 Å². The Morgan fingerprint density at radius 3 is 2.82 bits per heavy atom. The van der Waals surface area contributed by atoms with Gasteiger partial charge >= 0.3 is 0 Å². The molecule has 0 unspecified atom stereocenters. The van der Waals surface area contributed by atoms with Crippen LogP contribution in [0, 0.1) is 5.82 Å². The predicted molar refractivity (Wildman–Crippen MR) is 88.0 cm³/mol. The number of hydrogen-bond donors (Lipinski definition) is 1. The van der Waals surface area contributed by atoms with E-state index in [4.69, 9.17) is 4.74 Å². The molecule has 22 heavy (non-hydrogen) atoms. The first kappa shape index (κ1) is 16.2. The van der Waals surface area contributed by atoms with Crippen LogP contribution in [0.15, 0.2) is 53.0 Å². The van der Waals surface area contributed by atoms with Gasteiger partial charge in [-0.3, -0.25) is 4.79 Å². The number of amides is 1. The molecule has 1 amide bonds. The van der Waals surface area contributed by atoms with Crippen molar-refractivity contribution in [1.82, 2.24) is 5.32 Å². The lowest BCUT2D eigenvalue weighted by Gasteiger charge is -2.03. The summed E-state index contributed by atoms with van der Waals surface area (Å²) in [6.07, 6.45) is 2.93. The van der Waals surface area contributed by atoms with Crippen molar-refractivity contribution in [3.8, 4) is 5.75 Å². The highest BCUT2D eigenvalue weighted by Crippen LogP contribution is 2.18. The summed E-state index contributed by atoms with van der Waals surface area (Å²) in [5, 5.41) is 2.77. The fourth-order valence-electron chi connectivity index (χ4n) is 1.85. The fourth-order valence-corrected chi connectivity index (χ4v) is 2.30. The first-order valence-corrected chi connectivity index (χ1v) is 7.41. The van der Waals surface area contributed by atoms with Crippen LogP contribution in [-0.2, 0) is 11.3 Å². The smallest absolute Gasteiger partial charge is 0.244 e. The highest BCUT2D eigenvalue weighted by atomic mass is 79.9. The number of halogens is 2. The minimum absolute atomic E-state index is 0.177. The zero-order valence-electron chi connectivity index (χ0n) is 12.0. The largest absolute Gasteiger partial charge is 0.494 e. The first-order valence-electron chi connectivity index (χ1n) is 6.62. The van der Waals surface area contributed by atoms with Gasteiger partial charge in [-0.05, 0) is 41.5 Å². The summed E-state index contributed by atoms with van der Waals surface area (Å²) in [6, 6.07) is 12.2. The molecule has 0 saturated heterocycles. The third kappa shape index (κ3) is 4.70. The quantitative estimate of drug-likeness (QED) is 0.817. The molecule has 5 heteroatoms. The molecule has 0 aliphatic heterocycles. The van der Waals surface area contributed by atoms with E-state index < -0.39 is 5.82 Å². The summed E-state index contributed by atoms with van der Waals surface area (Å²) in [4.78, 5) is 11.8. The van der Waals surface area contributed by atoms with Gasteiger partial charge in [-0.1, -0.05) is 34.1 Å². The van der Waals surface area contributed by atoms with Gasteiger partial charge < -0.3 is 10.1 Å². The Hall–Kier alpha value is -2.14. The number of carbonyl (C=O) groups is 1. The van der Waals surface area contributed by atoms with Crippen molar-refractivity contribution in [3.63, 3.8) is 0 Å². The van der Waals surface area contributed by atoms with Gasteiger partial charge in [0.05, 0.1) is 7.11 Å². The molecule has 0 fully saturated rings. The fraction of sp³-hybridized carbons (Fsp3) is 0.118. The topological polar surface area (TPSA) is 38.3 Å². The molecule has 1 N–H and O–H groups in total. The minimum atomic E-state index is -0.459. The number of methoxy groups -OCH3 is 1. The molecule has 0 aliphatic rings. The van der Waals surface area contributed by atoms with Crippen molar-refractivity contribution in [2.24, 2.45) is 0 Å². The van der Waals surface area contributed by atoms with Crippen molar-refractivity contribution in [2.45, 2.75) is 6.54 Å². The maximum absolute atomic E-state index is 13.5. The highest BCUT2D eigenvalue weighted by Gasteiger charge is 2.02. The van der Waals surface area contributed by atoms with E-state index in [0.29, 0.717) is 12.1 Å². The molecule has 0 aliphatic carbocycles. The highest BCUT2D eigenvalue weighted by molar-refractivity contribution is 9.10. The van der Waals surface area contributed by atoms with E-state index in [9.17, 15) is 9.18 Å². The molecule has 0 aromatic heterocycles. The summed E-state index contributed by atoms with van der Waals surface area (Å²) >= 11 is 3.38. The molecule has 0 spiro atoms. The monoisotopic (exact) mass is 363 g/mol. The van der Waals surface area contributed by atoms with E-state index >= 15 is 0 Å². The Morgan fingerprint density at radius 1 is 1.32 bits per heavy atom. The third-order valence-corrected chi connectivity index (χ3v) is 3.45. The van der Waals surface area contributed by atoms with Gasteiger partial charge in [0.1, 0.15) is 0 Å². The van der Waals surface area contributed by atoms with Gasteiger partial charge in [-0.25, -0.2) is 4.39 Å². The normalized spacial score (nSPS) is 10.7. The van der Waals surface area contributed by atoms with Crippen molar-refractivity contribution in [3.05, 3.63) is 70.0 Å². The molecule has 0 saturated carbocycles. The van der Waals surface area contributed by atoms with Gasteiger partial charge in [0, 0.05) is 17.1 Å². The molecule has 0 atom stereocenters. The number of hydrogen-bond acceptors (Lipinski definition) is 2. The van der Waals surface area contributed by atoms with Crippen LogP contribution < -0.4 is 10.1 Å². The zero-order valence-corrected chi connectivity index (χ0v) is 13.6. The van der Waals surface area contributed by atoms with Crippen LogP contribution in [0.1, 0.15) is 11.1 Å². The lowest BCUT2D eigenvalue weighted by Crippen LogP contribution is -2.20. The number of carbonyl (C=O) groups excluding carboxylic acids is 1. The van der Waals surface area contributed by atoms with Crippen molar-refractivity contribution < 1.29 is 13.9 Å².